The van der Waals surface area contributed by atoms with Crippen molar-refractivity contribution in [1.82, 2.24) is 0 Å². The molecule has 0 bridgehead atoms. The molecule has 0 atom stereocenters. The fraction of sp³-hybridized carbons (Fsp3) is 0.133. The van der Waals surface area contributed by atoms with Gasteiger partial charge in [-0.15, -0.1) is 0 Å². The van der Waals surface area contributed by atoms with Crippen LogP contribution in [0.5, 0.6) is 0 Å². The highest BCUT2D eigenvalue weighted by Crippen LogP contribution is 2.25. The quantitative estimate of drug-likeness (QED) is 0.366. The highest BCUT2D eigenvalue weighted by molar-refractivity contribution is 5.70. The highest BCUT2D eigenvalue weighted by Gasteiger charge is 2.01. The van der Waals surface area contributed by atoms with Gasteiger partial charge in [0.1, 0.15) is 0 Å². The lowest BCUT2D eigenvalue weighted by Crippen LogP contribution is -1.83. The summed E-state index contributed by atoms with van der Waals surface area (Å²) in [6.07, 6.45) is 8.74. The van der Waals surface area contributed by atoms with Crippen molar-refractivity contribution in [3.05, 3.63) is 135 Å². The molecule has 3 aromatic carbocycles. The number of benzene rings is 3. The first-order chi connectivity index (χ1) is 14.6. The van der Waals surface area contributed by atoms with Crippen LogP contribution in [0.25, 0.3) is 22.3 Å². The first-order valence-corrected chi connectivity index (χ1v) is 10.4. The third-order valence-electron chi connectivity index (χ3n) is 4.61. The summed E-state index contributed by atoms with van der Waals surface area (Å²) in [6.45, 7) is 17.8. The van der Waals surface area contributed by atoms with E-state index < -0.39 is 0 Å². The van der Waals surface area contributed by atoms with E-state index in [1.165, 1.54) is 33.4 Å². The molecule has 0 unspecified atom stereocenters. The normalized spacial score (nSPS) is 9.13. The van der Waals surface area contributed by atoms with E-state index in [0.29, 0.717) is 0 Å². The van der Waals surface area contributed by atoms with E-state index in [1.54, 1.807) is 24.3 Å². The van der Waals surface area contributed by atoms with E-state index in [0.717, 1.165) is 12.8 Å². The van der Waals surface area contributed by atoms with Crippen molar-refractivity contribution < 1.29 is 0 Å². The Kier molecular flexibility index (Phi) is 12.0. The van der Waals surface area contributed by atoms with E-state index in [1.807, 2.05) is 0 Å². The van der Waals surface area contributed by atoms with Crippen LogP contribution in [0.3, 0.4) is 0 Å². The number of hydrogen-bond donors (Lipinski definition) is 0. The molecule has 0 heteroatoms. The van der Waals surface area contributed by atoms with Gasteiger partial charge in [-0.05, 0) is 46.2 Å². The molecule has 0 aromatic heterocycles. The van der Waals surface area contributed by atoms with Crippen LogP contribution in [0.1, 0.15) is 25.0 Å². The van der Waals surface area contributed by atoms with Crippen molar-refractivity contribution in [3.8, 4) is 22.3 Å². The van der Waals surface area contributed by atoms with Crippen LogP contribution in [-0.4, -0.2) is 0 Å². The lowest BCUT2D eigenvalue weighted by Gasteiger charge is -2.06. The van der Waals surface area contributed by atoms with Crippen molar-refractivity contribution in [2.75, 3.05) is 0 Å². The van der Waals surface area contributed by atoms with Crippen LogP contribution < -0.4 is 0 Å². The second-order valence-corrected chi connectivity index (χ2v) is 6.62. The average molecular weight is 395 g/mol. The van der Waals surface area contributed by atoms with E-state index in [-0.39, 0.29) is 0 Å². The predicted octanol–water partition coefficient (Wildman–Crippen LogP) is 8.86. The molecule has 0 heterocycles. The minimum Gasteiger partial charge on any atom is -0.0991 e. The summed E-state index contributed by atoms with van der Waals surface area (Å²) in [5, 5.41) is 0. The molecule has 0 nitrogen and oxygen atoms in total. The largest absolute Gasteiger partial charge is 0.0991 e. The fourth-order valence-corrected chi connectivity index (χ4v) is 2.72. The Balaban J connectivity index is 0.000000485. The third-order valence-corrected chi connectivity index (χ3v) is 4.61. The first-order valence-electron chi connectivity index (χ1n) is 10.4. The van der Waals surface area contributed by atoms with Crippen molar-refractivity contribution >= 4 is 0 Å². The molecule has 0 aliphatic carbocycles. The van der Waals surface area contributed by atoms with Crippen LogP contribution in [-0.2, 0) is 12.8 Å². The van der Waals surface area contributed by atoms with Crippen molar-refractivity contribution in [2.45, 2.75) is 26.7 Å². The van der Waals surface area contributed by atoms with Gasteiger partial charge >= 0.3 is 0 Å². The maximum atomic E-state index is 3.36. The molecule has 0 amide bonds. The zero-order valence-electron chi connectivity index (χ0n) is 18.5. The zero-order valence-corrected chi connectivity index (χ0v) is 18.5. The van der Waals surface area contributed by atoms with Crippen LogP contribution >= 0.6 is 0 Å². The molecule has 30 heavy (non-hydrogen) atoms. The van der Waals surface area contributed by atoms with Gasteiger partial charge in [0.15, 0.2) is 0 Å². The Bertz CT molecular complexity index is 801. The molecule has 0 radical (unpaired) electrons. The molecule has 0 aliphatic heterocycles. The van der Waals surface area contributed by atoms with Crippen LogP contribution in [0.4, 0.5) is 0 Å². The van der Waals surface area contributed by atoms with Gasteiger partial charge < -0.3 is 0 Å². The number of hydrogen-bond acceptors (Lipinski definition) is 0. The van der Waals surface area contributed by atoms with E-state index in [2.05, 4.69) is 113 Å². The van der Waals surface area contributed by atoms with Gasteiger partial charge in [-0.25, -0.2) is 0 Å². The van der Waals surface area contributed by atoms with Crippen LogP contribution in [0.2, 0.25) is 0 Å². The summed E-state index contributed by atoms with van der Waals surface area (Å²) in [4.78, 5) is 0. The van der Waals surface area contributed by atoms with Crippen molar-refractivity contribution in [3.63, 3.8) is 0 Å². The summed E-state index contributed by atoms with van der Waals surface area (Å²) in [5.41, 5.74) is 7.89. The molecule has 154 valence electrons. The van der Waals surface area contributed by atoms with Gasteiger partial charge in [0.05, 0.1) is 0 Å². The first kappa shape index (κ1) is 24.7. The van der Waals surface area contributed by atoms with Gasteiger partial charge in [-0.1, -0.05) is 137 Å². The summed E-state index contributed by atoms with van der Waals surface area (Å²) >= 11 is 0. The molecular formula is C30H34. The molecule has 0 saturated heterocycles. The zero-order chi connectivity index (χ0) is 22.2. The molecule has 0 saturated carbocycles. The van der Waals surface area contributed by atoms with Crippen LogP contribution in [0.15, 0.2) is 123 Å². The second kappa shape index (κ2) is 14.6. The van der Waals surface area contributed by atoms with E-state index in [9.17, 15) is 0 Å². The second-order valence-electron chi connectivity index (χ2n) is 6.62. The minimum absolute atomic E-state index is 1.09. The van der Waals surface area contributed by atoms with Crippen LogP contribution in [0, 0.1) is 0 Å². The maximum absolute atomic E-state index is 3.36. The predicted molar refractivity (Wildman–Crippen MR) is 137 cm³/mol. The average Bonchev–Trinajstić information content (AvgIpc) is 2.84. The number of rotatable bonds is 6. The smallest absolute Gasteiger partial charge is 0.0184 e. The number of aryl methyl sites for hydroxylation is 2. The summed E-state index contributed by atoms with van der Waals surface area (Å²) < 4.78 is 0. The molecular weight excluding hydrogens is 360 g/mol. The van der Waals surface area contributed by atoms with E-state index in [4.69, 9.17) is 0 Å². The third kappa shape index (κ3) is 8.32. The van der Waals surface area contributed by atoms with Crippen molar-refractivity contribution in [1.29, 1.82) is 0 Å². The lowest BCUT2D eigenvalue weighted by molar-refractivity contribution is 1.14. The lowest BCUT2D eigenvalue weighted by atomic mass is 9.98. The molecule has 3 aromatic rings. The van der Waals surface area contributed by atoms with Gasteiger partial charge in [0.2, 0.25) is 0 Å². The molecule has 3 rings (SSSR count). The molecule has 0 spiro atoms. The molecule has 0 aliphatic rings. The topological polar surface area (TPSA) is 0 Å². The molecule has 0 fully saturated rings. The number of allylic oxidation sites excluding steroid dienone is 4. The Morgan fingerprint density at radius 3 is 0.800 bits per heavy atom. The monoisotopic (exact) mass is 394 g/mol. The summed E-state index contributed by atoms with van der Waals surface area (Å²) in [6, 6.07) is 26.6. The SMILES string of the molecule is C=CC=C.C=CC=C.CCc1ccc(-c2ccc(-c3ccc(CC)cc3)cc2)cc1. The standard InChI is InChI=1S/C22H22.2C4H6/c1-3-17-5-9-19(10-6-17)21-13-15-22(16-14-21)20-11-7-18(4-2)8-12-20;2*1-3-4-2/h5-16H,3-4H2,1-2H3;2*3-4H,1-2H2. The van der Waals surface area contributed by atoms with Gasteiger partial charge in [-0.3, -0.25) is 0 Å². The Morgan fingerprint density at radius 2 is 0.633 bits per heavy atom. The Hall–Kier alpha value is -3.38. The van der Waals surface area contributed by atoms with Gasteiger partial charge in [-0.2, -0.15) is 0 Å². The van der Waals surface area contributed by atoms with Gasteiger partial charge in [0, 0.05) is 0 Å². The summed E-state index contributed by atoms with van der Waals surface area (Å²) in [5.74, 6) is 0. The Morgan fingerprint density at radius 1 is 0.433 bits per heavy atom. The maximum Gasteiger partial charge on any atom is -0.0184 e. The highest BCUT2D eigenvalue weighted by atomic mass is 14.1. The fourth-order valence-electron chi connectivity index (χ4n) is 2.72. The summed E-state index contributed by atoms with van der Waals surface area (Å²) in [7, 11) is 0. The van der Waals surface area contributed by atoms with Crippen molar-refractivity contribution in [2.24, 2.45) is 0 Å². The van der Waals surface area contributed by atoms with E-state index >= 15 is 0 Å². The molecule has 0 N–H and O–H groups in total. The Labute approximate surface area is 183 Å². The van der Waals surface area contributed by atoms with Gasteiger partial charge in [0.25, 0.3) is 0 Å². The minimum atomic E-state index is 1.09.